The number of carbonyl (C=O) groups excluding carboxylic acids is 1. The minimum atomic E-state index is -0.538. The molecule has 3 rings (SSSR count). The number of likely N-dealkylation sites (tertiary alicyclic amines) is 1. The summed E-state index contributed by atoms with van der Waals surface area (Å²) in [5.74, 6) is -0.609. The highest BCUT2D eigenvalue weighted by molar-refractivity contribution is 14.1. The number of amides is 1. The lowest BCUT2D eigenvalue weighted by Crippen LogP contribution is -2.53. The van der Waals surface area contributed by atoms with Crippen LogP contribution in [0, 0.1) is 31.4 Å². The van der Waals surface area contributed by atoms with Crippen molar-refractivity contribution in [1.29, 1.82) is 10.7 Å². The van der Waals surface area contributed by atoms with E-state index in [0.29, 0.717) is 18.7 Å². The van der Waals surface area contributed by atoms with Gasteiger partial charge in [0.2, 0.25) is 5.91 Å². The lowest BCUT2D eigenvalue weighted by atomic mass is 9.68. The predicted molar refractivity (Wildman–Crippen MR) is 118 cm³/mol. The number of benzene rings is 1. The van der Waals surface area contributed by atoms with Crippen LogP contribution in [0.1, 0.15) is 30.2 Å². The molecule has 1 amide bonds. The summed E-state index contributed by atoms with van der Waals surface area (Å²) in [7, 11) is 1.64. The molecule has 4 nitrogen and oxygen atoms in total. The molecule has 0 saturated carbocycles. The van der Waals surface area contributed by atoms with E-state index in [0.717, 1.165) is 18.9 Å². The number of nitrogens with one attached hydrogen (secondary N) is 1. The second-order valence-corrected chi connectivity index (χ2v) is 9.98. The summed E-state index contributed by atoms with van der Waals surface area (Å²) in [4.78, 5) is 15.3. The third kappa shape index (κ3) is 3.40. The quantitative estimate of drug-likeness (QED) is 0.450. The molecule has 1 aromatic heterocycles. The molecule has 1 aliphatic heterocycles. The zero-order valence-electron chi connectivity index (χ0n) is 15.6. The number of rotatable bonds is 4. The van der Waals surface area contributed by atoms with Crippen LogP contribution in [0.5, 0.6) is 0 Å². The Kier molecular flexibility index (Phi) is 5.73. The summed E-state index contributed by atoms with van der Waals surface area (Å²) in [6.45, 7) is 5.83. The summed E-state index contributed by atoms with van der Waals surface area (Å²) in [6, 6.07) is 8.41. The second kappa shape index (κ2) is 7.76. The minimum absolute atomic E-state index is 0.00745. The van der Waals surface area contributed by atoms with Gasteiger partial charge in [-0.05, 0) is 52.8 Å². The zero-order chi connectivity index (χ0) is 20.6. The van der Waals surface area contributed by atoms with E-state index in [1.54, 1.807) is 36.6 Å². The summed E-state index contributed by atoms with van der Waals surface area (Å²) >= 11 is 3.81. The number of nitriles is 1. The van der Waals surface area contributed by atoms with Crippen molar-refractivity contribution in [3.8, 4) is 17.2 Å². The van der Waals surface area contributed by atoms with Gasteiger partial charge >= 0.3 is 0 Å². The molecule has 144 valence electrons. The van der Waals surface area contributed by atoms with Crippen LogP contribution in [0.2, 0.25) is 0 Å². The summed E-state index contributed by atoms with van der Waals surface area (Å²) in [5, 5.41) is 17.4. The first-order chi connectivity index (χ1) is 13.2. The molecule has 1 N–H and O–H groups in total. The molecule has 2 heterocycles. The van der Waals surface area contributed by atoms with Crippen LogP contribution in [0.3, 0.4) is 0 Å². The number of thiophene rings is 1. The third-order valence-electron chi connectivity index (χ3n) is 5.39. The number of nitrogens with zero attached hydrogens (tertiary/aromatic N) is 2. The van der Waals surface area contributed by atoms with Gasteiger partial charge in [0.25, 0.3) is 0 Å². The minimum Gasteiger partial charge on any atom is -0.304 e. The SMILES string of the molecule is C=CC[C@H]1C(=O)N(C)C(=N)C[C@]1(C)c1cc(-c2ccc(F)c(C#N)c2)c(I)s1. The molecule has 1 fully saturated rings. The van der Waals surface area contributed by atoms with Gasteiger partial charge in [0.1, 0.15) is 17.7 Å². The zero-order valence-corrected chi connectivity index (χ0v) is 18.5. The van der Waals surface area contributed by atoms with Crippen molar-refractivity contribution >= 4 is 45.7 Å². The Balaban J connectivity index is 2.10. The van der Waals surface area contributed by atoms with Crippen LogP contribution in [-0.4, -0.2) is 23.7 Å². The van der Waals surface area contributed by atoms with Crippen LogP contribution < -0.4 is 0 Å². The molecular formula is C21H19FIN3OS. The van der Waals surface area contributed by atoms with Crippen molar-refractivity contribution in [1.82, 2.24) is 4.90 Å². The maximum Gasteiger partial charge on any atom is 0.231 e. The number of allylic oxidation sites excluding steroid dienone is 1. The van der Waals surface area contributed by atoms with Gasteiger partial charge in [0.05, 0.1) is 14.4 Å². The van der Waals surface area contributed by atoms with Crippen LogP contribution >= 0.6 is 33.9 Å². The molecule has 2 aromatic rings. The average Bonchev–Trinajstić information content (AvgIpc) is 3.06. The van der Waals surface area contributed by atoms with Crippen molar-refractivity contribution in [3.63, 3.8) is 0 Å². The molecule has 1 aliphatic rings. The average molecular weight is 507 g/mol. The fourth-order valence-electron chi connectivity index (χ4n) is 3.64. The lowest BCUT2D eigenvalue weighted by Gasteiger charge is -2.43. The number of hydrogen-bond donors (Lipinski definition) is 1. The van der Waals surface area contributed by atoms with E-state index in [-0.39, 0.29) is 17.4 Å². The fourth-order valence-corrected chi connectivity index (χ4v) is 5.92. The largest absolute Gasteiger partial charge is 0.304 e. The Morgan fingerprint density at radius 2 is 2.25 bits per heavy atom. The maximum atomic E-state index is 13.7. The Morgan fingerprint density at radius 3 is 2.89 bits per heavy atom. The number of hydrogen-bond acceptors (Lipinski definition) is 4. The monoisotopic (exact) mass is 507 g/mol. The molecule has 0 radical (unpaired) electrons. The third-order valence-corrected chi connectivity index (χ3v) is 7.83. The van der Waals surface area contributed by atoms with E-state index in [1.807, 2.05) is 19.1 Å². The van der Waals surface area contributed by atoms with E-state index in [2.05, 4.69) is 29.2 Å². The molecule has 1 saturated heterocycles. The molecule has 1 aromatic carbocycles. The Labute approximate surface area is 181 Å². The molecule has 7 heteroatoms. The number of carbonyl (C=O) groups is 1. The Morgan fingerprint density at radius 1 is 1.54 bits per heavy atom. The topological polar surface area (TPSA) is 68.0 Å². The van der Waals surface area contributed by atoms with E-state index in [9.17, 15) is 9.18 Å². The Bertz CT molecular complexity index is 1030. The Hall–Kier alpha value is -2.05. The van der Waals surface area contributed by atoms with E-state index in [1.165, 1.54) is 11.0 Å². The highest BCUT2D eigenvalue weighted by Gasteiger charge is 2.47. The van der Waals surface area contributed by atoms with E-state index >= 15 is 0 Å². The van der Waals surface area contributed by atoms with Gasteiger partial charge in [0.15, 0.2) is 0 Å². The first kappa shape index (κ1) is 20.7. The molecule has 0 spiro atoms. The highest BCUT2D eigenvalue weighted by Crippen LogP contribution is 2.47. The van der Waals surface area contributed by atoms with Gasteiger partial charge in [-0.2, -0.15) is 5.26 Å². The van der Waals surface area contributed by atoms with Crippen LogP contribution in [0.4, 0.5) is 4.39 Å². The molecule has 0 unspecified atom stereocenters. The molecule has 0 bridgehead atoms. The smallest absolute Gasteiger partial charge is 0.231 e. The van der Waals surface area contributed by atoms with Crippen molar-refractivity contribution in [2.75, 3.05) is 7.05 Å². The second-order valence-electron chi connectivity index (χ2n) is 7.12. The summed E-state index contributed by atoms with van der Waals surface area (Å²) in [6.07, 6.45) is 2.74. The van der Waals surface area contributed by atoms with Gasteiger partial charge in [-0.1, -0.05) is 19.1 Å². The number of piperidine rings is 1. The van der Waals surface area contributed by atoms with Gasteiger partial charge in [-0.15, -0.1) is 17.9 Å². The van der Waals surface area contributed by atoms with Crippen LogP contribution in [0.25, 0.3) is 11.1 Å². The first-order valence-corrected chi connectivity index (χ1v) is 10.6. The highest BCUT2D eigenvalue weighted by atomic mass is 127. The molecule has 0 aliphatic carbocycles. The van der Waals surface area contributed by atoms with Crippen molar-refractivity contribution in [2.45, 2.75) is 25.2 Å². The van der Waals surface area contributed by atoms with Crippen molar-refractivity contribution in [3.05, 3.63) is 56.1 Å². The van der Waals surface area contributed by atoms with Gasteiger partial charge in [-0.3, -0.25) is 10.2 Å². The maximum absolute atomic E-state index is 13.7. The summed E-state index contributed by atoms with van der Waals surface area (Å²) < 4.78 is 14.7. The first-order valence-electron chi connectivity index (χ1n) is 8.68. The number of amidine groups is 1. The van der Waals surface area contributed by atoms with Crippen molar-refractivity contribution in [2.24, 2.45) is 5.92 Å². The molecular weight excluding hydrogens is 488 g/mol. The van der Waals surface area contributed by atoms with E-state index < -0.39 is 11.2 Å². The molecule has 2 atom stereocenters. The van der Waals surface area contributed by atoms with Crippen LogP contribution in [-0.2, 0) is 10.2 Å². The normalized spacial score (nSPS) is 22.2. The predicted octanol–water partition coefficient (Wildman–Crippen LogP) is 5.32. The molecule has 28 heavy (non-hydrogen) atoms. The summed E-state index contributed by atoms with van der Waals surface area (Å²) in [5.41, 5.74) is 1.17. The van der Waals surface area contributed by atoms with E-state index in [4.69, 9.17) is 10.7 Å². The van der Waals surface area contributed by atoms with Gasteiger partial charge < -0.3 is 4.90 Å². The van der Waals surface area contributed by atoms with Gasteiger partial charge in [-0.25, -0.2) is 4.39 Å². The van der Waals surface area contributed by atoms with Crippen molar-refractivity contribution < 1.29 is 9.18 Å². The van der Waals surface area contributed by atoms with Crippen LogP contribution in [0.15, 0.2) is 36.9 Å². The van der Waals surface area contributed by atoms with Gasteiger partial charge in [0, 0.05) is 29.3 Å². The fraction of sp³-hybridized carbons (Fsp3) is 0.286. The lowest BCUT2D eigenvalue weighted by molar-refractivity contribution is -0.134. The number of halogens is 2. The standard InChI is InChI=1S/C21H19FIN3OS/c1-4-5-15-20(27)26(3)18(25)10-21(15,2)17-9-14(19(23)28-17)12-6-7-16(22)13(8-12)11-24/h4,6-9,15,25H,1,5,10H2,2-3H3/t15-,21-/m0/s1.